The molecule has 0 fully saturated rings. The van der Waals surface area contributed by atoms with Crippen molar-refractivity contribution in [1.29, 1.82) is 0 Å². The lowest BCUT2D eigenvalue weighted by atomic mass is 10.1. The first-order valence-electron chi connectivity index (χ1n) is 5.45. The molecule has 1 amide bonds. The fourth-order valence-electron chi connectivity index (χ4n) is 1.42. The smallest absolute Gasteiger partial charge is 0.326 e. The van der Waals surface area contributed by atoms with Crippen LogP contribution in [0.1, 0.15) is 16.8 Å². The van der Waals surface area contributed by atoms with E-state index in [0.29, 0.717) is 0 Å². The molecule has 1 aromatic rings. The van der Waals surface area contributed by atoms with Crippen molar-refractivity contribution in [3.63, 3.8) is 0 Å². The van der Waals surface area contributed by atoms with Gasteiger partial charge in [-0.2, -0.15) is 0 Å². The Morgan fingerprint density at radius 1 is 1.45 bits per heavy atom. The Labute approximate surface area is 118 Å². The summed E-state index contributed by atoms with van der Waals surface area (Å²) in [6.07, 6.45) is -0.170. The summed E-state index contributed by atoms with van der Waals surface area (Å²) in [6.45, 7) is -0.419. The number of rotatable bonds is 6. The number of aliphatic hydroxyl groups excluding tert-OH is 1. The molecule has 0 saturated heterocycles. The van der Waals surface area contributed by atoms with Crippen LogP contribution >= 0.6 is 11.6 Å². The number of nitro groups is 1. The van der Waals surface area contributed by atoms with Gasteiger partial charge in [0.05, 0.1) is 4.92 Å². The minimum Gasteiger partial charge on any atom is -0.480 e. The maximum absolute atomic E-state index is 11.8. The number of nitrogens with zero attached hydrogens (tertiary/aromatic N) is 1. The van der Waals surface area contributed by atoms with E-state index in [-0.39, 0.29) is 17.0 Å². The number of carbonyl (C=O) groups is 2. The number of benzene rings is 1. The van der Waals surface area contributed by atoms with Gasteiger partial charge in [0, 0.05) is 24.7 Å². The van der Waals surface area contributed by atoms with Crippen LogP contribution in [0.5, 0.6) is 0 Å². The fourth-order valence-corrected chi connectivity index (χ4v) is 1.61. The van der Waals surface area contributed by atoms with Crippen LogP contribution in [-0.4, -0.2) is 39.7 Å². The van der Waals surface area contributed by atoms with Gasteiger partial charge in [0.25, 0.3) is 11.6 Å². The van der Waals surface area contributed by atoms with Gasteiger partial charge < -0.3 is 15.5 Å². The van der Waals surface area contributed by atoms with Gasteiger partial charge in [0.2, 0.25) is 0 Å². The monoisotopic (exact) mass is 302 g/mol. The van der Waals surface area contributed by atoms with Crippen molar-refractivity contribution in [3.8, 4) is 0 Å². The van der Waals surface area contributed by atoms with Gasteiger partial charge in [-0.3, -0.25) is 14.9 Å². The van der Waals surface area contributed by atoms with Gasteiger partial charge in [-0.25, -0.2) is 4.79 Å². The van der Waals surface area contributed by atoms with Crippen LogP contribution in [0.15, 0.2) is 18.2 Å². The van der Waals surface area contributed by atoms with Crippen LogP contribution in [0, 0.1) is 10.1 Å². The minimum atomic E-state index is -1.31. The number of nitro benzene ring substituents is 1. The van der Waals surface area contributed by atoms with E-state index in [1.54, 1.807) is 0 Å². The van der Waals surface area contributed by atoms with Gasteiger partial charge in [-0.1, -0.05) is 11.6 Å². The van der Waals surface area contributed by atoms with Crippen molar-refractivity contribution in [2.75, 3.05) is 6.61 Å². The van der Waals surface area contributed by atoms with Crippen molar-refractivity contribution < 1.29 is 24.7 Å². The van der Waals surface area contributed by atoms with Gasteiger partial charge in [-0.05, 0) is 12.1 Å². The Balaban J connectivity index is 2.95. The molecular formula is C11H11ClN2O6. The number of halogens is 1. The molecule has 0 heterocycles. The topological polar surface area (TPSA) is 130 Å². The number of amides is 1. The zero-order valence-corrected chi connectivity index (χ0v) is 10.8. The highest BCUT2D eigenvalue weighted by atomic mass is 35.5. The molecule has 20 heavy (non-hydrogen) atoms. The van der Waals surface area contributed by atoms with Crippen LogP contribution < -0.4 is 5.32 Å². The van der Waals surface area contributed by atoms with Crippen molar-refractivity contribution >= 4 is 29.2 Å². The SMILES string of the molecule is O=C(NC(CCO)C(=O)O)c1ccc(Cl)c([N+](=O)[O-])c1. The molecular weight excluding hydrogens is 292 g/mol. The van der Waals surface area contributed by atoms with Crippen LogP contribution in [0.4, 0.5) is 5.69 Å². The van der Waals surface area contributed by atoms with Gasteiger partial charge in [0.1, 0.15) is 11.1 Å². The van der Waals surface area contributed by atoms with E-state index in [1.807, 2.05) is 0 Å². The molecule has 0 spiro atoms. The average Bonchev–Trinajstić information content (AvgIpc) is 2.38. The van der Waals surface area contributed by atoms with E-state index >= 15 is 0 Å². The van der Waals surface area contributed by atoms with Gasteiger partial charge in [-0.15, -0.1) is 0 Å². The predicted molar refractivity (Wildman–Crippen MR) is 68.7 cm³/mol. The molecule has 8 nitrogen and oxygen atoms in total. The Hall–Kier alpha value is -2.19. The highest BCUT2D eigenvalue weighted by molar-refractivity contribution is 6.32. The van der Waals surface area contributed by atoms with Gasteiger partial charge >= 0.3 is 5.97 Å². The van der Waals surface area contributed by atoms with Crippen LogP contribution in [-0.2, 0) is 4.79 Å². The zero-order valence-electron chi connectivity index (χ0n) is 10.1. The molecule has 108 valence electrons. The average molecular weight is 303 g/mol. The van der Waals surface area contributed by atoms with E-state index in [2.05, 4.69) is 5.32 Å². The standard InChI is InChI=1S/C11H11ClN2O6/c12-7-2-1-6(5-9(7)14(19)20)10(16)13-8(3-4-15)11(17)18/h1-2,5,8,15H,3-4H2,(H,13,16)(H,17,18). The number of aliphatic hydroxyl groups is 1. The Morgan fingerprint density at radius 2 is 2.10 bits per heavy atom. The van der Waals surface area contributed by atoms with Crippen LogP contribution in [0.2, 0.25) is 5.02 Å². The Morgan fingerprint density at radius 3 is 2.60 bits per heavy atom. The van der Waals surface area contributed by atoms with Crippen LogP contribution in [0.3, 0.4) is 0 Å². The molecule has 0 saturated carbocycles. The normalized spacial score (nSPS) is 11.7. The summed E-state index contributed by atoms with van der Waals surface area (Å²) in [5.74, 6) is -2.11. The molecule has 9 heteroatoms. The lowest BCUT2D eigenvalue weighted by Gasteiger charge is -2.13. The maximum atomic E-state index is 11.8. The Kier molecular flexibility index (Phi) is 5.42. The lowest BCUT2D eigenvalue weighted by Crippen LogP contribution is -2.41. The molecule has 1 unspecified atom stereocenters. The summed E-state index contributed by atoms with van der Waals surface area (Å²) < 4.78 is 0. The summed E-state index contributed by atoms with van der Waals surface area (Å²) in [7, 11) is 0. The van der Waals surface area contributed by atoms with Gasteiger partial charge in [0.15, 0.2) is 0 Å². The maximum Gasteiger partial charge on any atom is 0.326 e. The van der Waals surface area contributed by atoms with Crippen LogP contribution in [0.25, 0.3) is 0 Å². The highest BCUT2D eigenvalue weighted by Gasteiger charge is 2.22. The highest BCUT2D eigenvalue weighted by Crippen LogP contribution is 2.25. The molecule has 1 aromatic carbocycles. The van der Waals surface area contributed by atoms with E-state index in [0.717, 1.165) is 6.07 Å². The molecule has 0 bridgehead atoms. The number of aliphatic carboxylic acids is 1. The number of carboxylic acid groups (broad SMARTS) is 1. The molecule has 0 aromatic heterocycles. The van der Waals surface area contributed by atoms with E-state index in [1.165, 1.54) is 12.1 Å². The minimum absolute atomic E-state index is 0.0923. The fraction of sp³-hybridized carbons (Fsp3) is 0.273. The first-order chi connectivity index (χ1) is 9.36. The third kappa shape index (κ3) is 3.90. The van der Waals surface area contributed by atoms with E-state index < -0.39 is 35.1 Å². The first kappa shape index (κ1) is 15.9. The predicted octanol–water partition coefficient (Wildman–Crippen LogP) is 0.814. The van der Waals surface area contributed by atoms with Crippen molar-refractivity contribution in [2.24, 2.45) is 0 Å². The molecule has 1 atom stereocenters. The number of hydrogen-bond donors (Lipinski definition) is 3. The summed E-state index contributed by atoms with van der Waals surface area (Å²) in [4.78, 5) is 32.6. The number of carbonyl (C=O) groups excluding carboxylic acids is 1. The second kappa shape index (κ2) is 6.83. The van der Waals surface area contributed by atoms with Crippen molar-refractivity contribution in [3.05, 3.63) is 38.9 Å². The second-order valence-corrected chi connectivity index (χ2v) is 4.21. The molecule has 0 aliphatic rings. The number of nitrogens with one attached hydrogen (secondary N) is 1. The van der Waals surface area contributed by atoms with E-state index in [4.69, 9.17) is 21.8 Å². The molecule has 0 aliphatic carbocycles. The first-order valence-corrected chi connectivity index (χ1v) is 5.83. The molecule has 0 aliphatic heterocycles. The Bertz CT molecular complexity index is 548. The quantitative estimate of drug-likeness (QED) is 0.526. The van der Waals surface area contributed by atoms with E-state index in [9.17, 15) is 19.7 Å². The number of hydrogen-bond acceptors (Lipinski definition) is 5. The third-order valence-electron chi connectivity index (χ3n) is 2.43. The summed E-state index contributed by atoms with van der Waals surface area (Å²) >= 11 is 5.60. The molecule has 1 rings (SSSR count). The lowest BCUT2D eigenvalue weighted by molar-refractivity contribution is -0.384. The summed E-state index contributed by atoms with van der Waals surface area (Å²) in [5.41, 5.74) is -0.543. The summed E-state index contributed by atoms with van der Waals surface area (Å²) in [5, 5.41) is 30.3. The van der Waals surface area contributed by atoms with Crippen molar-refractivity contribution in [1.82, 2.24) is 5.32 Å². The zero-order chi connectivity index (χ0) is 15.3. The number of carboxylic acids is 1. The van der Waals surface area contributed by atoms with Crippen molar-refractivity contribution in [2.45, 2.75) is 12.5 Å². The second-order valence-electron chi connectivity index (χ2n) is 3.80. The molecule has 3 N–H and O–H groups in total. The summed E-state index contributed by atoms with van der Waals surface area (Å²) in [6, 6.07) is 2.09. The molecule has 0 radical (unpaired) electrons. The third-order valence-corrected chi connectivity index (χ3v) is 2.75. The largest absolute Gasteiger partial charge is 0.480 e.